The Kier molecular flexibility index (Phi) is 8.47. The number of aliphatic imine (C=N–C) groups is 1. The van der Waals surface area contributed by atoms with Crippen LogP contribution in [0.3, 0.4) is 0 Å². The molecule has 5 aromatic rings. The van der Waals surface area contributed by atoms with Crippen LogP contribution in [0.1, 0.15) is 77.9 Å². The summed E-state index contributed by atoms with van der Waals surface area (Å²) in [7, 11) is 0. The van der Waals surface area contributed by atoms with Crippen LogP contribution >= 0.6 is 22.9 Å². The van der Waals surface area contributed by atoms with E-state index >= 15 is 0 Å². The molecule has 2 aromatic carbocycles. The van der Waals surface area contributed by atoms with Crippen molar-refractivity contribution in [1.82, 2.24) is 25.0 Å². The molecule has 2 aliphatic rings. The normalized spacial score (nSPS) is 14.5. The molecule has 0 saturated heterocycles. The van der Waals surface area contributed by atoms with Crippen molar-refractivity contribution in [2.75, 3.05) is 13.1 Å². The number of carbonyl (C=O) groups excluding carboxylic acids is 3. The third-order valence-electron chi connectivity index (χ3n) is 8.25. The minimum Gasteiger partial charge on any atom is -0.439 e. The predicted molar refractivity (Wildman–Crippen MR) is 185 cm³/mol. The van der Waals surface area contributed by atoms with Crippen molar-refractivity contribution in [2.45, 2.75) is 33.2 Å². The molecule has 242 valence electrons. The number of nitrogens with zero attached hydrogens (tertiary/aromatic N) is 5. The molecule has 3 aromatic heterocycles. The summed E-state index contributed by atoms with van der Waals surface area (Å²) < 4.78 is 7.66. The Morgan fingerprint density at radius 2 is 1.61 bits per heavy atom. The van der Waals surface area contributed by atoms with E-state index < -0.39 is 6.04 Å². The van der Waals surface area contributed by atoms with Crippen LogP contribution in [0, 0.1) is 44.5 Å². The molecule has 1 atom stereocenters. The van der Waals surface area contributed by atoms with Crippen LogP contribution in [0.4, 0.5) is 0 Å². The average Bonchev–Trinajstić information content (AvgIpc) is 3.82. The fourth-order valence-corrected chi connectivity index (χ4v) is 7.05. The van der Waals surface area contributed by atoms with Crippen molar-refractivity contribution < 1.29 is 18.8 Å². The van der Waals surface area contributed by atoms with E-state index in [0.717, 1.165) is 37.2 Å². The van der Waals surface area contributed by atoms with Gasteiger partial charge in [0, 0.05) is 21.0 Å². The summed E-state index contributed by atoms with van der Waals surface area (Å²) in [6.07, 6.45) is 0.0392. The minimum atomic E-state index is -0.592. The first-order valence-electron chi connectivity index (χ1n) is 15.4. The van der Waals surface area contributed by atoms with Gasteiger partial charge in [0.2, 0.25) is 5.91 Å². The molecule has 0 fully saturated rings. The fourth-order valence-electron chi connectivity index (χ4n) is 5.72. The van der Waals surface area contributed by atoms with E-state index in [9.17, 15) is 14.4 Å². The number of hydrogen-bond acceptors (Lipinski definition) is 8. The van der Waals surface area contributed by atoms with Gasteiger partial charge in [-0.1, -0.05) is 47.7 Å². The summed E-state index contributed by atoms with van der Waals surface area (Å²) in [6, 6.07) is 16.9. The molecule has 1 N–H and O–H groups in total. The van der Waals surface area contributed by atoms with Gasteiger partial charge >= 0.3 is 0 Å². The highest BCUT2D eigenvalue weighted by Crippen LogP contribution is 2.39. The molecule has 0 radical (unpaired) electrons. The number of nitrogens with one attached hydrogen (secondary N) is 1. The lowest BCUT2D eigenvalue weighted by atomic mass is 9.99. The summed E-state index contributed by atoms with van der Waals surface area (Å²) in [6.45, 7) is 6.07. The number of benzene rings is 2. The van der Waals surface area contributed by atoms with Crippen LogP contribution in [0.5, 0.6) is 0 Å². The number of fused-ring (bicyclic) bond motifs is 4. The Hall–Kier alpha value is -5.75. The Bertz CT molecular complexity index is 2290. The molecule has 10 nitrogen and oxygen atoms in total. The standard InChI is InChI=1S/C37H27ClN6O4S/c1-21-22(2)49-37-32(21)33(24-12-14-25(38)15-13-24)40-30(34-42-41-23(3)44(34)37)20-31(45)39-18-6-8-26-16-17-27(48-26)9-7-19-43-35(46)28-10-4-5-11-29(28)36(43)47/h4-5,10-17,30H,18-20H2,1-3H3,(H,39,45)/t30-/m0/s1. The lowest BCUT2D eigenvalue weighted by molar-refractivity contribution is -0.121. The summed E-state index contributed by atoms with van der Waals surface area (Å²) in [5.41, 5.74) is 4.53. The maximum absolute atomic E-state index is 13.2. The first-order valence-corrected chi connectivity index (χ1v) is 16.5. The number of aromatic nitrogens is 3. The lowest BCUT2D eigenvalue weighted by Crippen LogP contribution is -2.29. The molecule has 0 unspecified atom stereocenters. The van der Waals surface area contributed by atoms with Crippen molar-refractivity contribution in [2.24, 2.45) is 4.99 Å². The molecule has 49 heavy (non-hydrogen) atoms. The number of furan rings is 1. The number of imide groups is 1. The van der Waals surface area contributed by atoms with E-state index in [-0.39, 0.29) is 37.2 Å². The number of carbonyl (C=O) groups is 3. The van der Waals surface area contributed by atoms with Crippen molar-refractivity contribution in [3.8, 4) is 28.7 Å². The van der Waals surface area contributed by atoms with Gasteiger partial charge in [0.25, 0.3) is 11.8 Å². The predicted octanol–water partition coefficient (Wildman–Crippen LogP) is 5.60. The van der Waals surface area contributed by atoms with Crippen LogP contribution in [-0.4, -0.2) is 56.2 Å². The van der Waals surface area contributed by atoms with Gasteiger partial charge < -0.3 is 9.73 Å². The highest BCUT2D eigenvalue weighted by atomic mass is 35.5. The topological polar surface area (TPSA) is 123 Å². The van der Waals surface area contributed by atoms with Gasteiger partial charge in [-0.3, -0.25) is 28.8 Å². The number of halogens is 1. The molecule has 2 aliphatic heterocycles. The van der Waals surface area contributed by atoms with E-state index in [2.05, 4.69) is 53.0 Å². The van der Waals surface area contributed by atoms with Gasteiger partial charge in [-0.05, 0) is 74.6 Å². The minimum absolute atomic E-state index is 0.0392. The largest absolute Gasteiger partial charge is 0.439 e. The van der Waals surface area contributed by atoms with Crippen molar-refractivity contribution in [3.63, 3.8) is 0 Å². The second-order valence-corrected chi connectivity index (χ2v) is 13.0. The molecule has 0 spiro atoms. The molecular formula is C37H27ClN6O4S. The Morgan fingerprint density at radius 3 is 2.31 bits per heavy atom. The van der Waals surface area contributed by atoms with Gasteiger partial charge in [-0.15, -0.1) is 21.5 Å². The number of aryl methyl sites for hydroxylation is 2. The average molecular weight is 687 g/mol. The van der Waals surface area contributed by atoms with Crippen LogP contribution in [-0.2, 0) is 4.79 Å². The van der Waals surface area contributed by atoms with Gasteiger partial charge in [0.1, 0.15) is 16.9 Å². The highest BCUT2D eigenvalue weighted by molar-refractivity contribution is 7.15. The maximum atomic E-state index is 13.2. The Balaban J connectivity index is 1.02. The third kappa shape index (κ3) is 6.06. The van der Waals surface area contributed by atoms with Crippen LogP contribution in [0.25, 0.3) is 5.00 Å². The molecule has 12 heteroatoms. The van der Waals surface area contributed by atoms with Gasteiger partial charge in [-0.25, -0.2) is 0 Å². The molecular weight excluding hydrogens is 660 g/mol. The second-order valence-electron chi connectivity index (χ2n) is 11.4. The van der Waals surface area contributed by atoms with E-state index in [1.54, 1.807) is 47.7 Å². The Labute approximate surface area is 290 Å². The van der Waals surface area contributed by atoms with Crippen molar-refractivity contribution in [1.29, 1.82) is 0 Å². The number of amides is 3. The zero-order valence-electron chi connectivity index (χ0n) is 26.6. The van der Waals surface area contributed by atoms with Crippen molar-refractivity contribution >= 4 is 46.4 Å². The first kappa shape index (κ1) is 31.8. The van der Waals surface area contributed by atoms with Crippen LogP contribution < -0.4 is 5.32 Å². The summed E-state index contributed by atoms with van der Waals surface area (Å²) >= 11 is 7.85. The van der Waals surface area contributed by atoms with E-state index in [0.29, 0.717) is 39.3 Å². The SMILES string of the molecule is Cc1sc2c(c1C)C(c1ccc(Cl)cc1)=N[C@@H](CC(=O)NCC#Cc1ccc(C#CCN3C(=O)c4ccccc4C3=O)o1)c1nnc(C)n1-2. The van der Waals surface area contributed by atoms with E-state index in [1.807, 2.05) is 35.8 Å². The smallest absolute Gasteiger partial charge is 0.262 e. The summed E-state index contributed by atoms with van der Waals surface area (Å²) in [5.74, 6) is 12.5. The molecule has 0 saturated carbocycles. The van der Waals surface area contributed by atoms with E-state index in [4.69, 9.17) is 21.0 Å². The molecule has 0 bridgehead atoms. The number of hydrogen-bond donors (Lipinski definition) is 1. The van der Waals surface area contributed by atoms with Crippen LogP contribution in [0.15, 0.2) is 70.1 Å². The number of thiophene rings is 1. The van der Waals surface area contributed by atoms with Gasteiger partial charge in [0.05, 0.1) is 36.3 Å². The van der Waals surface area contributed by atoms with Crippen LogP contribution in [0.2, 0.25) is 5.02 Å². The zero-order chi connectivity index (χ0) is 34.2. The highest BCUT2D eigenvalue weighted by Gasteiger charge is 2.35. The second kappa shape index (κ2) is 13.0. The zero-order valence-corrected chi connectivity index (χ0v) is 28.2. The fraction of sp³-hybridized carbons (Fsp3) is 0.189. The third-order valence-corrected chi connectivity index (χ3v) is 9.70. The summed E-state index contributed by atoms with van der Waals surface area (Å²) in [4.78, 5) is 45.6. The molecule has 3 amide bonds. The lowest BCUT2D eigenvalue weighted by Gasteiger charge is -2.12. The summed E-state index contributed by atoms with van der Waals surface area (Å²) in [5, 5.41) is 13.2. The van der Waals surface area contributed by atoms with E-state index in [1.165, 1.54) is 0 Å². The monoisotopic (exact) mass is 686 g/mol. The first-order chi connectivity index (χ1) is 23.7. The van der Waals surface area contributed by atoms with Crippen molar-refractivity contribution in [3.05, 3.63) is 122 Å². The van der Waals surface area contributed by atoms with Gasteiger partial charge in [-0.2, -0.15) is 0 Å². The van der Waals surface area contributed by atoms with Gasteiger partial charge in [0.15, 0.2) is 17.3 Å². The maximum Gasteiger partial charge on any atom is 0.262 e. The molecule has 0 aliphatic carbocycles. The number of rotatable bonds is 5. The Morgan fingerprint density at radius 1 is 0.939 bits per heavy atom. The quantitative estimate of drug-likeness (QED) is 0.190. The molecule has 7 rings (SSSR count). The molecule has 5 heterocycles.